The molecule has 0 aliphatic heterocycles. The van der Waals surface area contributed by atoms with E-state index in [1.54, 1.807) is 36.3 Å². The molecule has 4 heteroatoms. The van der Waals surface area contributed by atoms with E-state index in [0.29, 0.717) is 17.0 Å². The molecule has 0 fully saturated rings. The van der Waals surface area contributed by atoms with Crippen molar-refractivity contribution in [3.63, 3.8) is 0 Å². The van der Waals surface area contributed by atoms with Crippen molar-refractivity contribution < 1.29 is 4.79 Å². The minimum atomic E-state index is 0.0652. The summed E-state index contributed by atoms with van der Waals surface area (Å²) in [6.07, 6.45) is 3.68. The molecule has 1 aromatic carbocycles. The first kappa shape index (κ1) is 10.9. The third-order valence-electron chi connectivity index (χ3n) is 2.30. The lowest BCUT2D eigenvalue weighted by Gasteiger charge is -1.99. The van der Waals surface area contributed by atoms with Gasteiger partial charge in [-0.3, -0.25) is 9.48 Å². The van der Waals surface area contributed by atoms with Crippen molar-refractivity contribution in [1.29, 1.82) is 0 Å². The number of ketones is 1. The summed E-state index contributed by atoms with van der Waals surface area (Å²) in [6, 6.07) is 7.29. The molecule has 0 N–H and O–H groups in total. The first-order chi connectivity index (χ1) is 7.65. The second kappa shape index (κ2) is 4.49. The number of carbonyl (C=O) groups excluding carboxylic acids is 1. The summed E-state index contributed by atoms with van der Waals surface area (Å²) in [5, 5.41) is 4.65. The Hall–Kier alpha value is -1.61. The Morgan fingerprint density at radius 1 is 1.38 bits per heavy atom. The number of rotatable bonds is 3. The average molecular weight is 235 g/mol. The van der Waals surface area contributed by atoms with Gasteiger partial charge >= 0.3 is 0 Å². The predicted octanol–water partition coefficient (Wildman–Crippen LogP) is 2.50. The SMILES string of the molecule is Cn1cc(C(=O)Cc2ccc(Cl)cc2)cn1. The zero-order chi connectivity index (χ0) is 11.5. The minimum Gasteiger partial charge on any atom is -0.294 e. The number of aromatic nitrogens is 2. The van der Waals surface area contributed by atoms with Crippen LogP contribution in [0.2, 0.25) is 5.02 Å². The van der Waals surface area contributed by atoms with Crippen molar-refractivity contribution in [3.8, 4) is 0 Å². The third-order valence-corrected chi connectivity index (χ3v) is 2.56. The Bertz CT molecular complexity index is 502. The number of hydrogen-bond acceptors (Lipinski definition) is 2. The summed E-state index contributed by atoms with van der Waals surface area (Å²) in [6.45, 7) is 0. The molecule has 0 unspecified atom stereocenters. The van der Waals surface area contributed by atoms with Crippen LogP contribution in [0.15, 0.2) is 36.7 Å². The summed E-state index contributed by atoms with van der Waals surface area (Å²) >= 11 is 5.77. The molecule has 0 spiro atoms. The summed E-state index contributed by atoms with van der Waals surface area (Å²) in [5.41, 5.74) is 1.59. The number of Topliss-reactive ketones (excluding diaryl/α,β-unsaturated/α-hetero) is 1. The zero-order valence-electron chi connectivity index (χ0n) is 8.85. The molecule has 0 bridgehead atoms. The average Bonchev–Trinajstić information content (AvgIpc) is 2.68. The van der Waals surface area contributed by atoms with E-state index in [-0.39, 0.29) is 5.78 Å². The standard InChI is InChI=1S/C12H11ClN2O/c1-15-8-10(7-14-15)12(16)6-9-2-4-11(13)5-3-9/h2-5,7-8H,6H2,1H3. The summed E-state index contributed by atoms with van der Waals surface area (Å²) < 4.78 is 1.62. The number of nitrogens with zero attached hydrogens (tertiary/aromatic N) is 2. The highest BCUT2D eigenvalue weighted by Gasteiger charge is 2.08. The van der Waals surface area contributed by atoms with E-state index in [4.69, 9.17) is 11.6 Å². The lowest BCUT2D eigenvalue weighted by Crippen LogP contribution is -2.02. The fourth-order valence-corrected chi connectivity index (χ4v) is 1.58. The summed E-state index contributed by atoms with van der Waals surface area (Å²) in [4.78, 5) is 11.8. The number of benzene rings is 1. The molecule has 1 heterocycles. The van der Waals surface area contributed by atoms with Crippen molar-refractivity contribution in [1.82, 2.24) is 9.78 Å². The van der Waals surface area contributed by atoms with E-state index in [1.807, 2.05) is 12.1 Å². The Labute approximate surface area is 98.7 Å². The molecule has 0 aliphatic carbocycles. The monoisotopic (exact) mass is 234 g/mol. The topological polar surface area (TPSA) is 34.9 Å². The van der Waals surface area contributed by atoms with Crippen LogP contribution in [-0.2, 0) is 13.5 Å². The Kier molecular flexibility index (Phi) is 3.06. The molecular formula is C12H11ClN2O. The van der Waals surface area contributed by atoms with Gasteiger partial charge in [0.1, 0.15) is 0 Å². The molecule has 0 atom stereocenters. The van der Waals surface area contributed by atoms with Gasteiger partial charge in [0, 0.05) is 24.7 Å². The molecule has 0 aliphatic rings. The lowest BCUT2D eigenvalue weighted by atomic mass is 10.1. The van der Waals surface area contributed by atoms with E-state index in [9.17, 15) is 4.79 Å². The highest BCUT2D eigenvalue weighted by atomic mass is 35.5. The van der Waals surface area contributed by atoms with Gasteiger partial charge in [0.25, 0.3) is 0 Å². The van der Waals surface area contributed by atoms with Gasteiger partial charge in [-0.15, -0.1) is 0 Å². The quantitative estimate of drug-likeness (QED) is 0.765. The van der Waals surface area contributed by atoms with Gasteiger partial charge in [-0.05, 0) is 17.7 Å². The normalized spacial score (nSPS) is 10.4. The largest absolute Gasteiger partial charge is 0.294 e. The molecule has 2 rings (SSSR count). The third kappa shape index (κ3) is 2.49. The highest BCUT2D eigenvalue weighted by molar-refractivity contribution is 6.30. The van der Waals surface area contributed by atoms with Crippen molar-refractivity contribution in [2.45, 2.75) is 6.42 Å². The second-order valence-electron chi connectivity index (χ2n) is 3.63. The number of halogens is 1. The maximum absolute atomic E-state index is 11.8. The van der Waals surface area contributed by atoms with Gasteiger partial charge in [-0.1, -0.05) is 23.7 Å². The van der Waals surface area contributed by atoms with Gasteiger partial charge in [0.2, 0.25) is 0 Å². The predicted molar refractivity (Wildman–Crippen MR) is 62.7 cm³/mol. The van der Waals surface area contributed by atoms with Crippen LogP contribution in [-0.4, -0.2) is 15.6 Å². The fourth-order valence-electron chi connectivity index (χ4n) is 1.45. The number of aryl methyl sites for hydroxylation is 1. The van der Waals surface area contributed by atoms with Crippen LogP contribution in [0.5, 0.6) is 0 Å². The number of hydrogen-bond donors (Lipinski definition) is 0. The molecule has 0 amide bonds. The van der Waals surface area contributed by atoms with E-state index in [2.05, 4.69) is 5.10 Å². The first-order valence-corrected chi connectivity index (χ1v) is 5.29. The molecule has 0 radical (unpaired) electrons. The zero-order valence-corrected chi connectivity index (χ0v) is 9.61. The van der Waals surface area contributed by atoms with Gasteiger partial charge in [0.05, 0.1) is 11.8 Å². The maximum atomic E-state index is 11.8. The van der Waals surface area contributed by atoms with E-state index in [0.717, 1.165) is 5.56 Å². The highest BCUT2D eigenvalue weighted by Crippen LogP contribution is 2.11. The van der Waals surface area contributed by atoms with Crippen LogP contribution in [0.4, 0.5) is 0 Å². The fraction of sp³-hybridized carbons (Fsp3) is 0.167. The lowest BCUT2D eigenvalue weighted by molar-refractivity contribution is 0.0993. The van der Waals surface area contributed by atoms with Gasteiger partial charge in [-0.25, -0.2) is 0 Å². The van der Waals surface area contributed by atoms with Crippen molar-refractivity contribution >= 4 is 17.4 Å². The molecular weight excluding hydrogens is 224 g/mol. The van der Waals surface area contributed by atoms with Gasteiger partial charge < -0.3 is 0 Å². The van der Waals surface area contributed by atoms with Crippen LogP contribution in [0.3, 0.4) is 0 Å². The molecule has 0 saturated carbocycles. The summed E-state index contributed by atoms with van der Waals surface area (Å²) in [7, 11) is 1.79. The number of carbonyl (C=O) groups is 1. The van der Waals surface area contributed by atoms with Crippen LogP contribution < -0.4 is 0 Å². The van der Waals surface area contributed by atoms with Crippen molar-refractivity contribution in [2.24, 2.45) is 7.05 Å². The van der Waals surface area contributed by atoms with E-state index in [1.165, 1.54) is 0 Å². The second-order valence-corrected chi connectivity index (χ2v) is 4.07. The van der Waals surface area contributed by atoms with Crippen molar-refractivity contribution in [3.05, 3.63) is 52.8 Å². The maximum Gasteiger partial charge on any atom is 0.170 e. The summed E-state index contributed by atoms with van der Waals surface area (Å²) in [5.74, 6) is 0.0652. The molecule has 1 aromatic heterocycles. The molecule has 3 nitrogen and oxygen atoms in total. The minimum absolute atomic E-state index is 0.0652. The Balaban J connectivity index is 2.10. The van der Waals surface area contributed by atoms with E-state index >= 15 is 0 Å². The van der Waals surface area contributed by atoms with Crippen LogP contribution in [0.25, 0.3) is 0 Å². The Morgan fingerprint density at radius 2 is 2.06 bits per heavy atom. The van der Waals surface area contributed by atoms with Crippen molar-refractivity contribution in [2.75, 3.05) is 0 Å². The smallest absolute Gasteiger partial charge is 0.170 e. The molecule has 82 valence electrons. The van der Waals surface area contributed by atoms with Crippen LogP contribution in [0.1, 0.15) is 15.9 Å². The first-order valence-electron chi connectivity index (χ1n) is 4.91. The van der Waals surface area contributed by atoms with Crippen LogP contribution in [0, 0.1) is 0 Å². The van der Waals surface area contributed by atoms with E-state index < -0.39 is 0 Å². The van der Waals surface area contributed by atoms with Crippen LogP contribution >= 0.6 is 11.6 Å². The molecule has 2 aromatic rings. The molecule has 0 saturated heterocycles. The Morgan fingerprint density at radius 3 is 2.62 bits per heavy atom. The van der Waals surface area contributed by atoms with Gasteiger partial charge in [-0.2, -0.15) is 5.10 Å². The van der Waals surface area contributed by atoms with Gasteiger partial charge in [0.15, 0.2) is 5.78 Å². The molecule has 16 heavy (non-hydrogen) atoms.